The highest BCUT2D eigenvalue weighted by atomic mass is 35.5. The van der Waals surface area contributed by atoms with Gasteiger partial charge in [-0.15, -0.1) is 0 Å². The van der Waals surface area contributed by atoms with E-state index in [1.165, 1.54) is 5.56 Å². The molecule has 1 N–H and O–H groups in total. The van der Waals surface area contributed by atoms with Crippen molar-refractivity contribution in [3.63, 3.8) is 0 Å². The van der Waals surface area contributed by atoms with E-state index in [1.54, 1.807) is 4.68 Å². The van der Waals surface area contributed by atoms with Crippen molar-refractivity contribution in [2.45, 2.75) is 26.8 Å². The number of nitrogens with one attached hydrogen (secondary N) is 1. The molecule has 4 rings (SSSR count). The van der Waals surface area contributed by atoms with Gasteiger partial charge in [0.25, 0.3) is 0 Å². The third kappa shape index (κ3) is 5.29. The van der Waals surface area contributed by atoms with E-state index >= 15 is 0 Å². The fourth-order valence-electron chi connectivity index (χ4n) is 4.06. The maximum atomic E-state index is 12.7. The van der Waals surface area contributed by atoms with Gasteiger partial charge in [-0.05, 0) is 50.1 Å². The molecule has 0 radical (unpaired) electrons. The lowest BCUT2D eigenvalue weighted by Gasteiger charge is -2.37. The van der Waals surface area contributed by atoms with E-state index in [0.29, 0.717) is 5.02 Å². The van der Waals surface area contributed by atoms with Gasteiger partial charge in [-0.3, -0.25) is 19.4 Å². The van der Waals surface area contributed by atoms with Crippen LogP contribution in [0.3, 0.4) is 0 Å². The molecular weight excluding hydrogens is 424 g/mol. The molecule has 0 bridgehead atoms. The van der Waals surface area contributed by atoms with Gasteiger partial charge in [0, 0.05) is 45.1 Å². The normalized spacial score (nSPS) is 14.5. The third-order valence-electron chi connectivity index (χ3n) is 5.94. The van der Waals surface area contributed by atoms with Crippen molar-refractivity contribution in [1.82, 2.24) is 19.7 Å². The zero-order valence-corrected chi connectivity index (χ0v) is 19.3. The molecule has 3 heterocycles. The molecule has 1 amide bonds. The van der Waals surface area contributed by atoms with Crippen LogP contribution in [0.2, 0.25) is 5.02 Å². The SMILES string of the molecule is Cc1nn(CC(=O)Nc2ccccc2N2CCN(CCc3ccncc3)CC2)c(C)c1Cl. The summed E-state index contributed by atoms with van der Waals surface area (Å²) in [5.41, 5.74) is 4.74. The lowest BCUT2D eigenvalue weighted by molar-refractivity contribution is -0.116. The van der Waals surface area contributed by atoms with Crippen molar-refractivity contribution >= 4 is 28.9 Å². The highest BCUT2D eigenvalue weighted by molar-refractivity contribution is 6.31. The summed E-state index contributed by atoms with van der Waals surface area (Å²) < 4.78 is 1.65. The molecule has 0 atom stereocenters. The number of nitrogens with zero attached hydrogens (tertiary/aromatic N) is 5. The van der Waals surface area contributed by atoms with Gasteiger partial charge in [0.15, 0.2) is 0 Å². The summed E-state index contributed by atoms with van der Waals surface area (Å²) in [5.74, 6) is -0.115. The lowest BCUT2D eigenvalue weighted by Crippen LogP contribution is -2.47. The number of amides is 1. The first kappa shape index (κ1) is 22.3. The molecule has 1 saturated heterocycles. The van der Waals surface area contributed by atoms with Crippen LogP contribution in [0.25, 0.3) is 0 Å². The van der Waals surface area contributed by atoms with Gasteiger partial charge in [-0.2, -0.15) is 5.10 Å². The number of pyridine rings is 1. The van der Waals surface area contributed by atoms with E-state index in [4.69, 9.17) is 11.6 Å². The van der Waals surface area contributed by atoms with E-state index in [1.807, 2.05) is 44.4 Å². The molecule has 2 aromatic heterocycles. The number of carbonyl (C=O) groups excluding carboxylic acids is 1. The topological polar surface area (TPSA) is 66.3 Å². The van der Waals surface area contributed by atoms with Crippen LogP contribution in [0.1, 0.15) is 17.0 Å². The minimum Gasteiger partial charge on any atom is -0.367 e. The number of aromatic nitrogens is 3. The van der Waals surface area contributed by atoms with E-state index in [-0.39, 0.29) is 12.5 Å². The van der Waals surface area contributed by atoms with Crippen LogP contribution in [-0.4, -0.2) is 58.3 Å². The predicted molar refractivity (Wildman–Crippen MR) is 128 cm³/mol. The van der Waals surface area contributed by atoms with Crippen LogP contribution in [0.15, 0.2) is 48.8 Å². The fraction of sp³-hybridized carbons (Fsp3) is 0.375. The molecule has 0 unspecified atom stereocenters. The van der Waals surface area contributed by atoms with Crippen molar-refractivity contribution in [1.29, 1.82) is 0 Å². The Morgan fingerprint density at radius 2 is 1.78 bits per heavy atom. The van der Waals surface area contributed by atoms with Crippen molar-refractivity contribution < 1.29 is 4.79 Å². The Labute approximate surface area is 194 Å². The Hall–Kier alpha value is -2.90. The molecule has 1 aliphatic rings. The monoisotopic (exact) mass is 452 g/mol. The number of hydrogen-bond acceptors (Lipinski definition) is 5. The molecule has 8 heteroatoms. The van der Waals surface area contributed by atoms with Crippen LogP contribution in [0.4, 0.5) is 11.4 Å². The maximum absolute atomic E-state index is 12.7. The number of halogens is 1. The number of piperazine rings is 1. The highest BCUT2D eigenvalue weighted by Crippen LogP contribution is 2.27. The quantitative estimate of drug-likeness (QED) is 0.593. The van der Waals surface area contributed by atoms with Crippen molar-refractivity contribution in [3.05, 3.63) is 70.8 Å². The van der Waals surface area contributed by atoms with Gasteiger partial charge < -0.3 is 10.2 Å². The smallest absolute Gasteiger partial charge is 0.246 e. The molecule has 0 aliphatic carbocycles. The number of anilines is 2. The molecule has 1 fully saturated rings. The number of benzene rings is 1. The Morgan fingerprint density at radius 3 is 2.47 bits per heavy atom. The average molecular weight is 453 g/mol. The van der Waals surface area contributed by atoms with Crippen LogP contribution < -0.4 is 10.2 Å². The maximum Gasteiger partial charge on any atom is 0.246 e. The molecule has 0 spiro atoms. The molecule has 3 aromatic rings. The minimum absolute atomic E-state index is 0.115. The first-order valence-corrected chi connectivity index (χ1v) is 11.3. The molecular formula is C24H29ClN6O. The summed E-state index contributed by atoms with van der Waals surface area (Å²) in [6, 6.07) is 12.1. The summed E-state index contributed by atoms with van der Waals surface area (Å²) in [5, 5.41) is 8.03. The predicted octanol–water partition coefficient (Wildman–Crippen LogP) is 3.55. The van der Waals surface area contributed by atoms with Crippen LogP contribution in [0, 0.1) is 13.8 Å². The summed E-state index contributed by atoms with van der Waals surface area (Å²) >= 11 is 6.21. The molecule has 7 nitrogen and oxygen atoms in total. The molecule has 32 heavy (non-hydrogen) atoms. The zero-order chi connectivity index (χ0) is 22.5. The summed E-state index contributed by atoms with van der Waals surface area (Å²) in [7, 11) is 0. The number of para-hydroxylation sites is 2. The molecule has 1 aliphatic heterocycles. The van der Waals surface area contributed by atoms with Gasteiger partial charge in [-0.1, -0.05) is 23.7 Å². The lowest BCUT2D eigenvalue weighted by atomic mass is 10.1. The number of aryl methyl sites for hydroxylation is 1. The summed E-state index contributed by atoms with van der Waals surface area (Å²) in [4.78, 5) is 21.6. The van der Waals surface area contributed by atoms with Crippen LogP contribution >= 0.6 is 11.6 Å². The van der Waals surface area contributed by atoms with E-state index in [2.05, 4.69) is 43.4 Å². The van der Waals surface area contributed by atoms with Crippen molar-refractivity contribution in [2.24, 2.45) is 0 Å². The van der Waals surface area contributed by atoms with Gasteiger partial charge in [-0.25, -0.2) is 0 Å². The van der Waals surface area contributed by atoms with Gasteiger partial charge in [0.2, 0.25) is 5.91 Å². The first-order chi connectivity index (χ1) is 15.5. The van der Waals surface area contributed by atoms with E-state index < -0.39 is 0 Å². The Morgan fingerprint density at radius 1 is 1.06 bits per heavy atom. The van der Waals surface area contributed by atoms with Gasteiger partial charge in [0.05, 0.1) is 27.8 Å². The van der Waals surface area contributed by atoms with E-state index in [0.717, 1.165) is 61.9 Å². The second kappa shape index (κ2) is 10.1. The van der Waals surface area contributed by atoms with Crippen LogP contribution in [0.5, 0.6) is 0 Å². The molecule has 1 aromatic carbocycles. The van der Waals surface area contributed by atoms with Crippen molar-refractivity contribution in [2.75, 3.05) is 42.9 Å². The Bertz CT molecular complexity index is 1060. The van der Waals surface area contributed by atoms with Gasteiger partial charge >= 0.3 is 0 Å². The minimum atomic E-state index is -0.115. The number of rotatable bonds is 7. The van der Waals surface area contributed by atoms with Gasteiger partial charge in [0.1, 0.15) is 6.54 Å². The number of carbonyl (C=O) groups is 1. The molecule has 168 valence electrons. The summed E-state index contributed by atoms with van der Waals surface area (Å²) in [6.07, 6.45) is 4.73. The summed E-state index contributed by atoms with van der Waals surface area (Å²) in [6.45, 7) is 8.74. The van der Waals surface area contributed by atoms with Crippen LogP contribution in [-0.2, 0) is 17.8 Å². The number of hydrogen-bond donors (Lipinski definition) is 1. The first-order valence-electron chi connectivity index (χ1n) is 11.0. The highest BCUT2D eigenvalue weighted by Gasteiger charge is 2.20. The Balaban J connectivity index is 1.34. The van der Waals surface area contributed by atoms with E-state index in [9.17, 15) is 4.79 Å². The molecule has 0 saturated carbocycles. The zero-order valence-electron chi connectivity index (χ0n) is 18.6. The largest absolute Gasteiger partial charge is 0.367 e. The Kier molecular flexibility index (Phi) is 7.07. The fourth-order valence-corrected chi connectivity index (χ4v) is 4.19. The third-order valence-corrected chi connectivity index (χ3v) is 6.49. The standard InChI is InChI=1S/C24H29ClN6O/c1-18-24(25)19(2)31(28-18)17-23(32)27-21-5-3-4-6-22(21)30-15-13-29(14-16-30)12-9-20-7-10-26-11-8-20/h3-8,10-11H,9,12-17H2,1-2H3,(H,27,32). The second-order valence-corrected chi connectivity index (χ2v) is 8.52. The van der Waals surface area contributed by atoms with Crippen molar-refractivity contribution in [3.8, 4) is 0 Å². The average Bonchev–Trinajstić information content (AvgIpc) is 3.05. The second-order valence-electron chi connectivity index (χ2n) is 8.14.